The molecule has 3 nitrogen and oxygen atoms in total. The topological polar surface area (TPSA) is 50.9 Å². The van der Waals surface area contributed by atoms with Crippen molar-refractivity contribution in [2.24, 2.45) is 0 Å². The molecule has 3 heteroatoms. The Balaban J connectivity index is 2.54. The quantitative estimate of drug-likeness (QED) is 0.750. The van der Waals surface area contributed by atoms with Crippen LogP contribution in [-0.2, 0) is 6.42 Å². The first-order valence-electron chi connectivity index (χ1n) is 5.64. The molecule has 0 aliphatic rings. The summed E-state index contributed by atoms with van der Waals surface area (Å²) in [5, 5.41) is 3.33. The molecule has 15 heavy (non-hydrogen) atoms. The minimum absolute atomic E-state index is 0.511. The molecule has 0 saturated carbocycles. The van der Waals surface area contributed by atoms with E-state index in [0.29, 0.717) is 11.9 Å². The molecule has 0 aromatic carbocycles. The summed E-state index contributed by atoms with van der Waals surface area (Å²) in [7, 11) is 2.01. The zero-order valence-electron chi connectivity index (χ0n) is 9.66. The van der Waals surface area contributed by atoms with Gasteiger partial charge in [-0.1, -0.05) is 25.8 Å². The van der Waals surface area contributed by atoms with Crippen LogP contribution in [0, 0.1) is 0 Å². The lowest BCUT2D eigenvalue weighted by molar-refractivity contribution is 0.498. The molecule has 0 amide bonds. The molecule has 1 aromatic rings. The number of unbranched alkanes of at least 4 members (excludes halogenated alkanes) is 1. The predicted molar refractivity (Wildman–Crippen MR) is 64.7 cm³/mol. The van der Waals surface area contributed by atoms with Gasteiger partial charge in [-0.25, -0.2) is 4.98 Å². The van der Waals surface area contributed by atoms with Gasteiger partial charge in [0.1, 0.15) is 5.82 Å². The van der Waals surface area contributed by atoms with E-state index in [1.807, 2.05) is 13.1 Å². The molecule has 0 aliphatic carbocycles. The molecular weight excluding hydrogens is 186 g/mol. The van der Waals surface area contributed by atoms with Crippen molar-refractivity contribution in [2.75, 3.05) is 12.8 Å². The SMILES string of the molecule is CCCCC(Cc1cccnc1N)NC. The summed E-state index contributed by atoms with van der Waals surface area (Å²) >= 11 is 0. The monoisotopic (exact) mass is 207 g/mol. The standard InChI is InChI=1S/C12H21N3/c1-3-4-7-11(14-2)9-10-6-5-8-15-12(10)13/h5-6,8,11,14H,3-4,7,9H2,1-2H3,(H2,13,15). The number of rotatable bonds is 6. The maximum absolute atomic E-state index is 5.81. The van der Waals surface area contributed by atoms with Gasteiger partial charge < -0.3 is 11.1 Å². The van der Waals surface area contributed by atoms with Gasteiger partial charge in [-0.2, -0.15) is 0 Å². The predicted octanol–water partition coefficient (Wildman–Crippen LogP) is 1.98. The van der Waals surface area contributed by atoms with E-state index >= 15 is 0 Å². The molecule has 0 bridgehead atoms. The van der Waals surface area contributed by atoms with Gasteiger partial charge in [0.05, 0.1) is 0 Å². The third-order valence-corrected chi connectivity index (χ3v) is 2.71. The van der Waals surface area contributed by atoms with Gasteiger partial charge in [-0.3, -0.25) is 0 Å². The fourth-order valence-corrected chi connectivity index (χ4v) is 1.69. The highest BCUT2D eigenvalue weighted by atomic mass is 14.9. The number of pyridine rings is 1. The largest absolute Gasteiger partial charge is 0.383 e. The number of nitrogen functional groups attached to an aromatic ring is 1. The lowest BCUT2D eigenvalue weighted by atomic mass is 10.0. The molecular formula is C12H21N3. The third-order valence-electron chi connectivity index (χ3n) is 2.71. The van der Waals surface area contributed by atoms with E-state index in [0.717, 1.165) is 12.0 Å². The number of hydrogen-bond donors (Lipinski definition) is 2. The summed E-state index contributed by atoms with van der Waals surface area (Å²) in [5.41, 5.74) is 6.96. The normalized spacial score (nSPS) is 12.7. The van der Waals surface area contributed by atoms with Crippen molar-refractivity contribution in [2.45, 2.75) is 38.6 Å². The second kappa shape index (κ2) is 6.40. The molecule has 0 spiro atoms. The fourth-order valence-electron chi connectivity index (χ4n) is 1.69. The Morgan fingerprint density at radius 3 is 2.93 bits per heavy atom. The van der Waals surface area contributed by atoms with Crippen molar-refractivity contribution in [3.63, 3.8) is 0 Å². The summed E-state index contributed by atoms with van der Waals surface area (Å²) in [4.78, 5) is 4.10. The lowest BCUT2D eigenvalue weighted by Crippen LogP contribution is -2.27. The number of anilines is 1. The number of likely N-dealkylation sites (N-methyl/N-ethyl adjacent to an activating group) is 1. The van der Waals surface area contributed by atoms with Crippen molar-refractivity contribution < 1.29 is 0 Å². The molecule has 1 atom stereocenters. The highest BCUT2D eigenvalue weighted by Crippen LogP contribution is 2.12. The Morgan fingerprint density at radius 1 is 1.53 bits per heavy atom. The molecule has 0 fully saturated rings. The molecule has 1 unspecified atom stereocenters. The van der Waals surface area contributed by atoms with Crippen LogP contribution in [-0.4, -0.2) is 18.1 Å². The summed E-state index contributed by atoms with van der Waals surface area (Å²) in [5.74, 6) is 0.661. The maximum atomic E-state index is 5.81. The number of aromatic nitrogens is 1. The van der Waals surface area contributed by atoms with Crippen LogP contribution in [0.5, 0.6) is 0 Å². The van der Waals surface area contributed by atoms with E-state index in [1.54, 1.807) is 6.20 Å². The van der Waals surface area contributed by atoms with Crippen molar-refractivity contribution in [1.82, 2.24) is 10.3 Å². The zero-order valence-corrected chi connectivity index (χ0v) is 9.66. The van der Waals surface area contributed by atoms with Gasteiger partial charge >= 0.3 is 0 Å². The van der Waals surface area contributed by atoms with Gasteiger partial charge in [-0.05, 0) is 31.5 Å². The summed E-state index contributed by atoms with van der Waals surface area (Å²) in [6, 6.07) is 4.51. The third kappa shape index (κ3) is 3.88. The average molecular weight is 207 g/mol. The van der Waals surface area contributed by atoms with E-state index in [1.165, 1.54) is 19.3 Å². The van der Waals surface area contributed by atoms with Crippen LogP contribution < -0.4 is 11.1 Å². The van der Waals surface area contributed by atoms with Gasteiger partial charge in [0.2, 0.25) is 0 Å². The number of hydrogen-bond acceptors (Lipinski definition) is 3. The van der Waals surface area contributed by atoms with E-state index in [4.69, 9.17) is 5.73 Å². The molecule has 3 N–H and O–H groups in total. The van der Waals surface area contributed by atoms with Crippen LogP contribution in [0.1, 0.15) is 31.7 Å². The van der Waals surface area contributed by atoms with Crippen molar-refractivity contribution in [3.8, 4) is 0 Å². The first kappa shape index (κ1) is 12.0. The second-order valence-corrected chi connectivity index (χ2v) is 3.88. The summed E-state index contributed by atoms with van der Waals surface area (Å²) < 4.78 is 0. The average Bonchev–Trinajstić information content (AvgIpc) is 2.26. The minimum Gasteiger partial charge on any atom is -0.383 e. The number of nitrogens with one attached hydrogen (secondary N) is 1. The Hall–Kier alpha value is -1.09. The van der Waals surface area contributed by atoms with E-state index in [2.05, 4.69) is 23.3 Å². The van der Waals surface area contributed by atoms with Crippen LogP contribution in [0.15, 0.2) is 18.3 Å². The van der Waals surface area contributed by atoms with Crippen LogP contribution in [0.4, 0.5) is 5.82 Å². The molecule has 1 rings (SSSR count). The van der Waals surface area contributed by atoms with Crippen LogP contribution in [0.2, 0.25) is 0 Å². The number of nitrogens with zero attached hydrogens (tertiary/aromatic N) is 1. The van der Waals surface area contributed by atoms with Crippen LogP contribution >= 0.6 is 0 Å². The fraction of sp³-hybridized carbons (Fsp3) is 0.583. The molecule has 0 radical (unpaired) electrons. The molecule has 1 aromatic heterocycles. The van der Waals surface area contributed by atoms with Gasteiger partial charge in [-0.15, -0.1) is 0 Å². The number of nitrogens with two attached hydrogens (primary N) is 1. The highest BCUT2D eigenvalue weighted by Gasteiger charge is 2.08. The van der Waals surface area contributed by atoms with E-state index in [9.17, 15) is 0 Å². The van der Waals surface area contributed by atoms with Gasteiger partial charge in [0.25, 0.3) is 0 Å². The first-order valence-corrected chi connectivity index (χ1v) is 5.64. The van der Waals surface area contributed by atoms with E-state index in [-0.39, 0.29) is 0 Å². The van der Waals surface area contributed by atoms with Crippen LogP contribution in [0.3, 0.4) is 0 Å². The zero-order chi connectivity index (χ0) is 11.1. The van der Waals surface area contributed by atoms with Crippen molar-refractivity contribution >= 4 is 5.82 Å². The van der Waals surface area contributed by atoms with Crippen LogP contribution in [0.25, 0.3) is 0 Å². The van der Waals surface area contributed by atoms with Gasteiger partial charge in [0.15, 0.2) is 0 Å². The Bertz CT molecular complexity index is 286. The van der Waals surface area contributed by atoms with Gasteiger partial charge in [0, 0.05) is 12.2 Å². The highest BCUT2D eigenvalue weighted by molar-refractivity contribution is 5.38. The van der Waals surface area contributed by atoms with Crippen molar-refractivity contribution in [1.29, 1.82) is 0 Å². The summed E-state index contributed by atoms with van der Waals surface area (Å²) in [6.45, 7) is 2.21. The lowest BCUT2D eigenvalue weighted by Gasteiger charge is -2.16. The van der Waals surface area contributed by atoms with E-state index < -0.39 is 0 Å². The molecule has 1 heterocycles. The maximum Gasteiger partial charge on any atom is 0.126 e. The Morgan fingerprint density at radius 2 is 2.33 bits per heavy atom. The second-order valence-electron chi connectivity index (χ2n) is 3.88. The molecule has 84 valence electrons. The summed E-state index contributed by atoms with van der Waals surface area (Å²) in [6.07, 6.45) is 6.39. The Labute approximate surface area is 92.1 Å². The molecule has 0 saturated heterocycles. The smallest absolute Gasteiger partial charge is 0.126 e. The molecule has 0 aliphatic heterocycles. The minimum atomic E-state index is 0.511. The van der Waals surface area contributed by atoms with Crippen molar-refractivity contribution in [3.05, 3.63) is 23.9 Å². The Kier molecular flexibility index (Phi) is 5.12. The first-order chi connectivity index (χ1) is 7.27.